The van der Waals surface area contributed by atoms with Crippen molar-refractivity contribution in [2.75, 3.05) is 13.1 Å². The molecule has 2 saturated heterocycles. The van der Waals surface area contributed by atoms with Crippen molar-refractivity contribution in [3.05, 3.63) is 11.8 Å². The van der Waals surface area contributed by atoms with E-state index in [0.29, 0.717) is 24.0 Å². The molecule has 2 bridgehead atoms. The van der Waals surface area contributed by atoms with E-state index in [-0.39, 0.29) is 17.4 Å². The molecule has 104 valence electrons. The van der Waals surface area contributed by atoms with E-state index in [4.69, 9.17) is 0 Å². The number of aliphatic hydroxyl groups excluding tert-OH is 1. The summed E-state index contributed by atoms with van der Waals surface area (Å²) in [6.07, 6.45) is 6.77. The van der Waals surface area contributed by atoms with Crippen molar-refractivity contribution in [1.29, 1.82) is 0 Å². The molecule has 0 aromatic rings. The Morgan fingerprint density at radius 2 is 2.21 bits per heavy atom. The second-order valence-corrected chi connectivity index (χ2v) is 7.05. The molecule has 3 heteroatoms. The predicted octanol–water partition coefficient (Wildman–Crippen LogP) is 1.96. The maximum atomic E-state index is 12.5. The Bertz CT molecular complexity index is 458. The highest BCUT2D eigenvalue weighted by Crippen LogP contribution is 2.62. The van der Waals surface area contributed by atoms with Gasteiger partial charge in [-0.3, -0.25) is 4.79 Å². The standard InChI is InChI=1S/C16H23NO2/c1-10-7-11-9-13(18)12-3-2-5-17-6-4-15(19)16(11,12)14(17)8-10/h8,10-12,15,19H,2-7,9H2,1H3. The molecule has 4 aliphatic rings. The molecule has 2 aliphatic carbocycles. The summed E-state index contributed by atoms with van der Waals surface area (Å²) in [5, 5.41) is 10.8. The van der Waals surface area contributed by atoms with Gasteiger partial charge in [-0.1, -0.05) is 13.0 Å². The van der Waals surface area contributed by atoms with Crippen LogP contribution in [-0.4, -0.2) is 35.0 Å². The Hall–Kier alpha value is -0.830. The third kappa shape index (κ3) is 1.35. The molecule has 0 aromatic carbocycles. The number of nitrogens with zero attached hydrogens (tertiary/aromatic N) is 1. The molecule has 2 heterocycles. The second-order valence-electron chi connectivity index (χ2n) is 7.05. The molecule has 3 nitrogen and oxygen atoms in total. The Morgan fingerprint density at radius 3 is 3.05 bits per heavy atom. The molecule has 1 saturated carbocycles. The molecule has 1 N–H and O–H groups in total. The van der Waals surface area contributed by atoms with Crippen LogP contribution < -0.4 is 0 Å². The molecule has 0 aromatic heterocycles. The van der Waals surface area contributed by atoms with Crippen LogP contribution in [0.1, 0.15) is 39.0 Å². The highest BCUT2D eigenvalue weighted by molar-refractivity contribution is 5.86. The van der Waals surface area contributed by atoms with Crippen molar-refractivity contribution in [3.63, 3.8) is 0 Å². The zero-order valence-electron chi connectivity index (χ0n) is 11.6. The van der Waals surface area contributed by atoms with E-state index in [1.54, 1.807) is 0 Å². The van der Waals surface area contributed by atoms with Crippen LogP contribution in [-0.2, 0) is 4.79 Å². The van der Waals surface area contributed by atoms with Crippen LogP contribution >= 0.6 is 0 Å². The van der Waals surface area contributed by atoms with E-state index in [1.165, 1.54) is 5.70 Å². The third-order valence-electron chi connectivity index (χ3n) is 6.12. The van der Waals surface area contributed by atoms with Gasteiger partial charge >= 0.3 is 0 Å². The van der Waals surface area contributed by atoms with Crippen molar-refractivity contribution >= 4 is 5.78 Å². The lowest BCUT2D eigenvalue weighted by molar-refractivity contribution is -0.125. The molecular formula is C16H23NO2. The zero-order valence-corrected chi connectivity index (χ0v) is 11.6. The van der Waals surface area contributed by atoms with Crippen LogP contribution in [0.3, 0.4) is 0 Å². The van der Waals surface area contributed by atoms with Crippen LogP contribution in [0.15, 0.2) is 11.8 Å². The van der Waals surface area contributed by atoms with Gasteiger partial charge in [-0.2, -0.15) is 0 Å². The van der Waals surface area contributed by atoms with E-state index in [0.717, 1.165) is 38.8 Å². The van der Waals surface area contributed by atoms with Gasteiger partial charge in [0, 0.05) is 36.5 Å². The third-order valence-corrected chi connectivity index (χ3v) is 6.12. The van der Waals surface area contributed by atoms with E-state index < -0.39 is 0 Å². The SMILES string of the molecule is CC1C=C2N3CCCC4C(=O)CC(C1)C24C(O)CC3. The summed E-state index contributed by atoms with van der Waals surface area (Å²) in [6.45, 7) is 4.30. The quantitative estimate of drug-likeness (QED) is 0.724. The van der Waals surface area contributed by atoms with E-state index >= 15 is 0 Å². The first-order valence-corrected chi connectivity index (χ1v) is 7.82. The summed E-state index contributed by atoms with van der Waals surface area (Å²) in [4.78, 5) is 15.0. The van der Waals surface area contributed by atoms with Crippen LogP contribution in [0.5, 0.6) is 0 Å². The maximum Gasteiger partial charge on any atom is 0.137 e. The fourth-order valence-corrected chi connectivity index (χ4v) is 5.51. The minimum atomic E-state index is -0.304. The normalized spacial score (nSPS) is 48.6. The number of Topliss-reactive ketones (excluding diaryl/α,β-unsaturated/α-hetero) is 1. The molecule has 5 unspecified atom stereocenters. The number of allylic oxidation sites excluding steroid dienone is 1. The van der Waals surface area contributed by atoms with Crippen molar-refractivity contribution in [3.8, 4) is 0 Å². The minimum absolute atomic E-state index is 0.0940. The van der Waals surface area contributed by atoms with Crippen molar-refractivity contribution in [1.82, 2.24) is 4.90 Å². The van der Waals surface area contributed by atoms with Crippen LogP contribution in [0.2, 0.25) is 0 Å². The van der Waals surface area contributed by atoms with Gasteiger partial charge in [0.25, 0.3) is 0 Å². The van der Waals surface area contributed by atoms with Gasteiger partial charge in [0.2, 0.25) is 0 Å². The fraction of sp³-hybridized carbons (Fsp3) is 0.812. The fourth-order valence-electron chi connectivity index (χ4n) is 5.51. The Morgan fingerprint density at radius 1 is 1.37 bits per heavy atom. The number of piperidine rings is 1. The molecule has 0 amide bonds. The summed E-state index contributed by atoms with van der Waals surface area (Å²) in [7, 11) is 0. The van der Waals surface area contributed by atoms with Gasteiger partial charge in [0.15, 0.2) is 0 Å². The average molecular weight is 261 g/mol. The first-order valence-electron chi connectivity index (χ1n) is 7.82. The zero-order chi connectivity index (χ0) is 13.2. The second kappa shape index (κ2) is 3.85. The molecule has 19 heavy (non-hydrogen) atoms. The first-order chi connectivity index (χ1) is 9.14. The summed E-state index contributed by atoms with van der Waals surface area (Å²) >= 11 is 0. The van der Waals surface area contributed by atoms with Crippen molar-refractivity contribution in [2.24, 2.45) is 23.2 Å². The molecule has 5 atom stereocenters. The van der Waals surface area contributed by atoms with Gasteiger partial charge in [-0.05, 0) is 37.5 Å². The van der Waals surface area contributed by atoms with Crippen LogP contribution in [0.4, 0.5) is 0 Å². The lowest BCUT2D eigenvalue weighted by Gasteiger charge is -2.53. The monoisotopic (exact) mass is 261 g/mol. The number of ketones is 1. The highest BCUT2D eigenvalue weighted by Gasteiger charge is 2.64. The molecule has 2 aliphatic heterocycles. The number of aliphatic hydroxyl groups is 1. The van der Waals surface area contributed by atoms with Gasteiger partial charge in [0.1, 0.15) is 5.78 Å². The summed E-state index contributed by atoms with van der Waals surface area (Å²) in [5.74, 6) is 1.45. The average Bonchev–Trinajstić information content (AvgIpc) is 2.56. The molecule has 1 spiro atoms. The van der Waals surface area contributed by atoms with Gasteiger partial charge in [0.05, 0.1) is 6.10 Å². The number of carbonyl (C=O) groups is 1. The Kier molecular flexibility index (Phi) is 2.42. The van der Waals surface area contributed by atoms with E-state index in [2.05, 4.69) is 17.9 Å². The topological polar surface area (TPSA) is 40.5 Å². The molecular weight excluding hydrogens is 238 g/mol. The van der Waals surface area contributed by atoms with Gasteiger partial charge in [-0.25, -0.2) is 0 Å². The minimum Gasteiger partial charge on any atom is -0.392 e. The lowest BCUT2D eigenvalue weighted by Crippen LogP contribution is -2.55. The predicted molar refractivity (Wildman–Crippen MR) is 72.3 cm³/mol. The number of hydrogen-bond acceptors (Lipinski definition) is 3. The van der Waals surface area contributed by atoms with Crippen LogP contribution in [0, 0.1) is 23.2 Å². The van der Waals surface area contributed by atoms with Crippen LogP contribution in [0.25, 0.3) is 0 Å². The summed E-state index contributed by atoms with van der Waals surface area (Å²) < 4.78 is 0. The maximum absolute atomic E-state index is 12.5. The molecule has 0 radical (unpaired) electrons. The Balaban J connectivity index is 1.94. The number of rotatable bonds is 0. The van der Waals surface area contributed by atoms with Gasteiger partial charge < -0.3 is 10.0 Å². The van der Waals surface area contributed by atoms with E-state index in [1.807, 2.05) is 0 Å². The molecule has 4 rings (SSSR count). The summed E-state index contributed by atoms with van der Waals surface area (Å²) in [5.41, 5.74) is 1.13. The largest absolute Gasteiger partial charge is 0.392 e. The van der Waals surface area contributed by atoms with Gasteiger partial charge in [-0.15, -0.1) is 0 Å². The van der Waals surface area contributed by atoms with Crippen molar-refractivity contribution in [2.45, 2.75) is 45.1 Å². The Labute approximate surface area is 114 Å². The highest BCUT2D eigenvalue weighted by atomic mass is 16.3. The molecule has 3 fully saturated rings. The van der Waals surface area contributed by atoms with Crippen molar-refractivity contribution < 1.29 is 9.90 Å². The number of hydrogen-bond donors (Lipinski definition) is 1. The lowest BCUT2D eigenvalue weighted by atomic mass is 9.58. The smallest absolute Gasteiger partial charge is 0.137 e. The first kappa shape index (κ1) is 12.0. The van der Waals surface area contributed by atoms with E-state index in [9.17, 15) is 9.90 Å². The summed E-state index contributed by atoms with van der Waals surface area (Å²) in [6, 6.07) is 0. The number of carbonyl (C=O) groups excluding carboxylic acids is 1.